The highest BCUT2D eigenvalue weighted by Crippen LogP contribution is 2.37. The second kappa shape index (κ2) is 20.1. The van der Waals surface area contributed by atoms with Gasteiger partial charge in [0.2, 0.25) is 0 Å². The fraction of sp³-hybridized carbons (Fsp3) is 0.245. The van der Waals surface area contributed by atoms with Gasteiger partial charge >= 0.3 is 0 Å². The van der Waals surface area contributed by atoms with Gasteiger partial charge in [-0.3, -0.25) is 0 Å². The van der Waals surface area contributed by atoms with E-state index in [9.17, 15) is 5.21 Å². The fourth-order valence-electron chi connectivity index (χ4n) is 7.13. The first-order valence-corrected chi connectivity index (χ1v) is 21.3. The summed E-state index contributed by atoms with van der Waals surface area (Å²) in [5.41, 5.74) is 3.90. The van der Waals surface area contributed by atoms with E-state index in [1.807, 2.05) is 121 Å². The van der Waals surface area contributed by atoms with E-state index in [0.717, 1.165) is 27.0 Å². The van der Waals surface area contributed by atoms with Crippen molar-refractivity contribution in [3.63, 3.8) is 0 Å². The molecule has 3 atom stereocenters. The predicted molar refractivity (Wildman–Crippen MR) is 228 cm³/mol. The average molecular weight is 764 g/mol. The van der Waals surface area contributed by atoms with Crippen LogP contribution in [0.15, 0.2) is 182 Å². The van der Waals surface area contributed by atoms with Crippen LogP contribution in [0.3, 0.4) is 0 Å². The maximum absolute atomic E-state index is 13.9. The third-order valence-electron chi connectivity index (χ3n) is 9.94. The molecule has 56 heavy (non-hydrogen) atoms. The summed E-state index contributed by atoms with van der Waals surface area (Å²) >= 11 is 0. The molecule has 0 aliphatic rings. The van der Waals surface area contributed by atoms with Crippen LogP contribution < -0.4 is 10.4 Å². The van der Waals surface area contributed by atoms with E-state index in [1.54, 1.807) is 6.21 Å². The third kappa shape index (κ3) is 11.0. The van der Waals surface area contributed by atoms with Gasteiger partial charge in [-0.05, 0) is 32.1 Å². The van der Waals surface area contributed by atoms with Crippen molar-refractivity contribution in [2.45, 2.75) is 70.5 Å². The number of benzene rings is 6. The number of ether oxygens (including phenoxy) is 3. The smallest absolute Gasteiger partial charge is 0.261 e. The van der Waals surface area contributed by atoms with Crippen LogP contribution >= 0.6 is 0 Å². The molecule has 6 aromatic rings. The van der Waals surface area contributed by atoms with Crippen molar-refractivity contribution < 1.29 is 23.4 Å². The Kier molecular flexibility index (Phi) is 14.6. The molecule has 0 aliphatic carbocycles. The zero-order valence-corrected chi connectivity index (χ0v) is 33.7. The molecule has 0 unspecified atom stereocenters. The Bertz CT molecular complexity index is 1990. The first-order chi connectivity index (χ1) is 27.3. The van der Waals surface area contributed by atoms with Crippen LogP contribution in [0.5, 0.6) is 0 Å². The number of rotatable bonds is 19. The van der Waals surface area contributed by atoms with Gasteiger partial charge in [0, 0.05) is 5.56 Å². The monoisotopic (exact) mass is 763 g/mol. The van der Waals surface area contributed by atoms with Crippen LogP contribution in [0.2, 0.25) is 5.04 Å². The van der Waals surface area contributed by atoms with Crippen molar-refractivity contribution in [1.29, 1.82) is 0 Å². The van der Waals surface area contributed by atoms with Gasteiger partial charge in [0.15, 0.2) is 18.9 Å². The highest BCUT2D eigenvalue weighted by Gasteiger charge is 2.51. The standard InChI is InChI=1S/C49H53NO5Si/c1-49(2,3)56(44-30-18-8-19-31-44,45-32-20-9-21-33-45)55-39-47(53-37-42-26-14-6-15-27-42)48(54-38-43-28-16-7-17-29-43)46(52-36-41-24-12-5-13-25-41)35-50(51)34-40-22-10-4-11-23-40/h4-33,35,46-48H,34,36-39H2,1-3H3/b50-35-/t46-,47-,48-/m1/s1. The van der Waals surface area contributed by atoms with Gasteiger partial charge in [0.1, 0.15) is 12.2 Å². The molecular weight excluding hydrogens is 711 g/mol. The number of hydrogen-bond acceptors (Lipinski definition) is 5. The van der Waals surface area contributed by atoms with Gasteiger partial charge in [-0.25, -0.2) is 4.74 Å². The van der Waals surface area contributed by atoms with E-state index in [2.05, 4.69) is 81.4 Å². The van der Waals surface area contributed by atoms with Crippen molar-refractivity contribution in [2.24, 2.45) is 0 Å². The number of nitrogens with zero attached hydrogens (tertiary/aromatic N) is 1. The van der Waals surface area contributed by atoms with Gasteiger partial charge in [0.05, 0.1) is 26.4 Å². The summed E-state index contributed by atoms with van der Waals surface area (Å²) in [5, 5.41) is 16.0. The summed E-state index contributed by atoms with van der Waals surface area (Å²) in [5.74, 6) is 0. The summed E-state index contributed by atoms with van der Waals surface area (Å²) in [7, 11) is -3.00. The van der Waals surface area contributed by atoms with Crippen molar-refractivity contribution in [1.82, 2.24) is 0 Å². The van der Waals surface area contributed by atoms with Gasteiger partial charge < -0.3 is 23.8 Å². The van der Waals surface area contributed by atoms with Gasteiger partial charge in [-0.2, -0.15) is 0 Å². The molecule has 0 spiro atoms. The normalized spacial score (nSPS) is 13.9. The molecule has 6 aromatic carbocycles. The zero-order chi connectivity index (χ0) is 39.1. The van der Waals surface area contributed by atoms with Crippen molar-refractivity contribution in [2.75, 3.05) is 6.61 Å². The average Bonchev–Trinajstić information content (AvgIpc) is 3.23. The molecule has 0 N–H and O–H groups in total. The maximum Gasteiger partial charge on any atom is 0.261 e. The first kappa shape index (κ1) is 40.5. The van der Waals surface area contributed by atoms with Crippen LogP contribution in [0.25, 0.3) is 0 Å². The Morgan fingerprint density at radius 2 is 0.893 bits per heavy atom. The van der Waals surface area contributed by atoms with Crippen LogP contribution in [0.1, 0.15) is 43.0 Å². The van der Waals surface area contributed by atoms with Crippen LogP contribution in [0.4, 0.5) is 0 Å². The SMILES string of the molecule is CC(C)(C)[Si](OC[C@@H](OCc1ccccc1)[C@H](OCc1ccccc1)[C@@H](/C=[N+](\[O-])Cc1ccccc1)OCc1ccccc1)(c1ccccc1)c1ccccc1. The second-order valence-corrected chi connectivity index (χ2v) is 19.3. The van der Waals surface area contributed by atoms with Gasteiger partial charge in [-0.1, -0.05) is 203 Å². The lowest BCUT2D eigenvalue weighted by Gasteiger charge is -2.44. The summed E-state index contributed by atoms with van der Waals surface area (Å²) in [6.45, 7) is 8.02. The highest BCUT2D eigenvalue weighted by molar-refractivity contribution is 6.99. The first-order valence-electron chi connectivity index (χ1n) is 19.4. The molecule has 0 radical (unpaired) electrons. The topological polar surface area (TPSA) is 63.0 Å². The molecule has 7 heteroatoms. The van der Waals surface area contributed by atoms with E-state index >= 15 is 0 Å². The molecule has 0 fully saturated rings. The lowest BCUT2D eigenvalue weighted by Crippen LogP contribution is -2.67. The summed E-state index contributed by atoms with van der Waals surface area (Å²) in [4.78, 5) is 0. The van der Waals surface area contributed by atoms with Crippen LogP contribution in [0, 0.1) is 5.21 Å². The third-order valence-corrected chi connectivity index (χ3v) is 14.9. The summed E-state index contributed by atoms with van der Waals surface area (Å²) < 4.78 is 29.1. The minimum atomic E-state index is -3.00. The zero-order valence-electron chi connectivity index (χ0n) is 32.7. The lowest BCUT2D eigenvalue weighted by atomic mass is 10.1. The molecule has 0 aliphatic heterocycles. The van der Waals surface area contributed by atoms with E-state index in [-0.39, 0.29) is 31.4 Å². The molecular formula is C49H53NO5Si. The predicted octanol–water partition coefficient (Wildman–Crippen LogP) is 9.10. The summed E-state index contributed by atoms with van der Waals surface area (Å²) in [6.07, 6.45) is -0.590. The highest BCUT2D eigenvalue weighted by atomic mass is 28.4. The Labute approximate surface area is 333 Å². The van der Waals surface area contributed by atoms with Crippen LogP contribution in [-0.4, -0.2) is 44.2 Å². The quantitative estimate of drug-likeness (QED) is 0.0271. The Hall–Kier alpha value is -5.15. The Morgan fingerprint density at radius 1 is 0.518 bits per heavy atom. The molecule has 0 aromatic heterocycles. The minimum Gasteiger partial charge on any atom is -0.624 e. The maximum atomic E-state index is 13.9. The molecule has 0 heterocycles. The van der Waals surface area contributed by atoms with Crippen molar-refractivity contribution >= 4 is 24.9 Å². The Morgan fingerprint density at radius 3 is 1.32 bits per heavy atom. The van der Waals surface area contributed by atoms with Gasteiger partial charge in [0.25, 0.3) is 8.32 Å². The summed E-state index contributed by atoms with van der Waals surface area (Å²) in [6, 6.07) is 61.1. The van der Waals surface area contributed by atoms with E-state index in [4.69, 9.17) is 18.6 Å². The Balaban J connectivity index is 1.44. The molecule has 6 rings (SSSR count). The molecule has 6 nitrogen and oxygen atoms in total. The molecule has 0 saturated carbocycles. The van der Waals surface area contributed by atoms with Crippen molar-refractivity contribution in [3.05, 3.63) is 209 Å². The van der Waals surface area contributed by atoms with E-state index in [1.165, 1.54) is 10.4 Å². The van der Waals surface area contributed by atoms with Crippen molar-refractivity contribution in [3.8, 4) is 0 Å². The van der Waals surface area contributed by atoms with Gasteiger partial charge in [-0.15, -0.1) is 0 Å². The molecule has 0 bridgehead atoms. The minimum absolute atomic E-state index is 0.158. The number of hydrogen-bond donors (Lipinski definition) is 0. The second-order valence-electron chi connectivity index (χ2n) is 15.0. The molecule has 0 amide bonds. The van der Waals surface area contributed by atoms with E-state index in [0.29, 0.717) is 6.61 Å². The largest absolute Gasteiger partial charge is 0.624 e. The van der Waals surface area contributed by atoms with E-state index < -0.39 is 26.6 Å². The fourth-order valence-corrected chi connectivity index (χ4v) is 11.7. The van der Waals surface area contributed by atoms with Crippen LogP contribution in [-0.2, 0) is 45.0 Å². The molecule has 0 saturated heterocycles. The lowest BCUT2D eigenvalue weighted by molar-refractivity contribution is -0.473. The number of hydroxylamine groups is 1. The molecule has 288 valence electrons.